The molecule has 0 spiro atoms. The number of nitrogens with zero attached hydrogens (tertiary/aromatic N) is 1. The van der Waals surface area contributed by atoms with Crippen molar-refractivity contribution < 1.29 is 14.1 Å². The molecular formula is C18H23N3O3. The molecule has 1 heterocycles. The molecule has 2 amide bonds. The van der Waals surface area contributed by atoms with Gasteiger partial charge in [-0.15, -0.1) is 0 Å². The van der Waals surface area contributed by atoms with Crippen molar-refractivity contribution in [1.82, 2.24) is 15.8 Å². The predicted molar refractivity (Wildman–Crippen MR) is 89.9 cm³/mol. The van der Waals surface area contributed by atoms with E-state index in [1.807, 2.05) is 32.0 Å². The zero-order valence-electron chi connectivity index (χ0n) is 14.1. The maximum Gasteiger partial charge on any atom is 0.315 e. The van der Waals surface area contributed by atoms with Crippen LogP contribution in [-0.4, -0.2) is 17.8 Å². The lowest BCUT2D eigenvalue weighted by Gasteiger charge is -2.15. The number of aryl methyl sites for hydroxylation is 1. The van der Waals surface area contributed by atoms with Crippen LogP contribution in [0.5, 0.6) is 5.75 Å². The van der Waals surface area contributed by atoms with Crippen molar-refractivity contribution in [3.05, 3.63) is 46.8 Å². The third-order valence-electron chi connectivity index (χ3n) is 4.23. The number of carbonyl (C=O) groups excluding carboxylic acids is 1. The zero-order chi connectivity index (χ0) is 16.9. The fraction of sp³-hybridized carbons (Fsp3) is 0.444. The van der Waals surface area contributed by atoms with Gasteiger partial charge in [0.05, 0.1) is 24.9 Å². The second-order valence-electron chi connectivity index (χ2n) is 5.81. The van der Waals surface area contributed by atoms with E-state index < -0.39 is 0 Å². The predicted octanol–water partition coefficient (Wildman–Crippen LogP) is 3.12. The van der Waals surface area contributed by atoms with Gasteiger partial charge in [-0.25, -0.2) is 4.79 Å². The maximum absolute atomic E-state index is 12.2. The van der Waals surface area contributed by atoms with Gasteiger partial charge in [0.25, 0.3) is 0 Å². The van der Waals surface area contributed by atoms with Gasteiger partial charge in [0.15, 0.2) is 5.76 Å². The van der Waals surface area contributed by atoms with Gasteiger partial charge < -0.3 is 19.9 Å². The molecule has 1 unspecified atom stereocenters. The number of fused-ring (bicyclic) bond motifs is 1. The number of aromatic nitrogens is 1. The van der Waals surface area contributed by atoms with E-state index in [2.05, 4.69) is 21.9 Å². The number of hydrogen-bond acceptors (Lipinski definition) is 4. The molecule has 0 aliphatic heterocycles. The Bertz CT molecular complexity index is 711. The number of ether oxygens (including phenoxy) is 1. The number of urea groups is 1. The molecular weight excluding hydrogens is 306 g/mol. The summed E-state index contributed by atoms with van der Waals surface area (Å²) < 4.78 is 10.8. The van der Waals surface area contributed by atoms with Gasteiger partial charge in [0, 0.05) is 6.07 Å². The van der Waals surface area contributed by atoms with Crippen LogP contribution in [0, 0.1) is 0 Å². The van der Waals surface area contributed by atoms with Gasteiger partial charge in [-0.2, -0.15) is 0 Å². The monoisotopic (exact) mass is 329 g/mol. The fourth-order valence-corrected chi connectivity index (χ4v) is 3.04. The van der Waals surface area contributed by atoms with E-state index in [1.165, 1.54) is 5.56 Å². The summed E-state index contributed by atoms with van der Waals surface area (Å²) in [5.74, 6) is 1.58. The van der Waals surface area contributed by atoms with E-state index >= 15 is 0 Å². The Balaban J connectivity index is 1.57. The summed E-state index contributed by atoms with van der Waals surface area (Å²) in [5, 5.41) is 9.76. The number of hydrogen-bond donors (Lipinski definition) is 2. The summed E-state index contributed by atoms with van der Waals surface area (Å²) in [6, 6.07) is 7.69. The summed E-state index contributed by atoms with van der Waals surface area (Å²) in [6.07, 6.45) is 2.62. The second-order valence-corrected chi connectivity index (χ2v) is 5.81. The van der Waals surface area contributed by atoms with Crippen LogP contribution < -0.4 is 15.4 Å². The lowest BCUT2D eigenvalue weighted by atomic mass is 10.1. The van der Waals surface area contributed by atoms with Crippen LogP contribution in [-0.2, 0) is 19.4 Å². The van der Waals surface area contributed by atoms with Gasteiger partial charge in [-0.1, -0.05) is 24.2 Å². The van der Waals surface area contributed by atoms with Crippen LogP contribution >= 0.6 is 0 Å². The normalized spacial score (nSPS) is 15.8. The van der Waals surface area contributed by atoms with Crippen molar-refractivity contribution in [2.45, 2.75) is 45.7 Å². The summed E-state index contributed by atoms with van der Waals surface area (Å²) >= 11 is 0. The first kappa shape index (κ1) is 16.4. The molecule has 0 fully saturated rings. The van der Waals surface area contributed by atoms with Gasteiger partial charge in [-0.3, -0.25) is 0 Å². The molecule has 2 N–H and O–H groups in total. The molecule has 0 radical (unpaired) electrons. The first-order chi connectivity index (χ1) is 11.7. The zero-order valence-corrected chi connectivity index (χ0v) is 14.1. The number of rotatable bonds is 6. The van der Waals surface area contributed by atoms with E-state index in [-0.39, 0.29) is 12.1 Å². The third-order valence-corrected chi connectivity index (χ3v) is 4.23. The number of amides is 2. The molecule has 6 nitrogen and oxygen atoms in total. The molecule has 1 aliphatic carbocycles. The van der Waals surface area contributed by atoms with Crippen LogP contribution in [0.3, 0.4) is 0 Å². The number of nitrogens with one attached hydrogen (secondary N) is 2. The quantitative estimate of drug-likeness (QED) is 0.854. The standard InChI is InChI=1S/C18H23N3O3/c1-3-12-10-13(24-21-12)11-19-18(22)20-16-9-8-15-14(16)6-5-7-17(15)23-4-2/h5-7,10,16H,3-4,8-9,11H2,1-2H3,(H2,19,20,22). The van der Waals surface area contributed by atoms with E-state index in [1.54, 1.807) is 0 Å². The van der Waals surface area contributed by atoms with Crippen LogP contribution in [0.2, 0.25) is 0 Å². The van der Waals surface area contributed by atoms with Crippen LogP contribution in [0.1, 0.15) is 48.9 Å². The van der Waals surface area contributed by atoms with Crippen molar-refractivity contribution in [3.8, 4) is 5.75 Å². The van der Waals surface area contributed by atoms with E-state index in [9.17, 15) is 4.79 Å². The minimum Gasteiger partial charge on any atom is -0.494 e. The highest BCUT2D eigenvalue weighted by Gasteiger charge is 2.26. The van der Waals surface area contributed by atoms with Crippen LogP contribution in [0.4, 0.5) is 4.79 Å². The molecule has 2 aromatic rings. The largest absolute Gasteiger partial charge is 0.494 e. The minimum absolute atomic E-state index is 0.0151. The highest BCUT2D eigenvalue weighted by atomic mass is 16.5. The van der Waals surface area contributed by atoms with Gasteiger partial charge in [-0.05, 0) is 43.4 Å². The summed E-state index contributed by atoms with van der Waals surface area (Å²) in [5.41, 5.74) is 3.23. The molecule has 1 aromatic carbocycles. The molecule has 1 atom stereocenters. The Labute approximate surface area is 141 Å². The summed E-state index contributed by atoms with van der Waals surface area (Å²) in [7, 11) is 0. The highest BCUT2D eigenvalue weighted by molar-refractivity contribution is 5.74. The molecule has 1 aromatic heterocycles. The average molecular weight is 329 g/mol. The highest BCUT2D eigenvalue weighted by Crippen LogP contribution is 2.36. The number of carbonyl (C=O) groups is 1. The van der Waals surface area contributed by atoms with Crippen LogP contribution in [0.25, 0.3) is 0 Å². The van der Waals surface area contributed by atoms with Crippen molar-refractivity contribution in [2.24, 2.45) is 0 Å². The first-order valence-corrected chi connectivity index (χ1v) is 8.44. The lowest BCUT2D eigenvalue weighted by molar-refractivity contribution is 0.235. The smallest absolute Gasteiger partial charge is 0.315 e. The molecule has 1 aliphatic rings. The lowest BCUT2D eigenvalue weighted by Crippen LogP contribution is -2.36. The van der Waals surface area contributed by atoms with Gasteiger partial charge >= 0.3 is 6.03 Å². The summed E-state index contributed by atoms with van der Waals surface area (Å²) in [4.78, 5) is 12.2. The van der Waals surface area contributed by atoms with Crippen molar-refractivity contribution in [2.75, 3.05) is 6.61 Å². The Morgan fingerprint density at radius 2 is 2.29 bits per heavy atom. The van der Waals surface area contributed by atoms with Crippen molar-refractivity contribution in [3.63, 3.8) is 0 Å². The number of benzene rings is 1. The molecule has 6 heteroatoms. The van der Waals surface area contributed by atoms with E-state index in [0.717, 1.165) is 36.3 Å². The van der Waals surface area contributed by atoms with Crippen molar-refractivity contribution >= 4 is 6.03 Å². The topological polar surface area (TPSA) is 76.4 Å². The Kier molecular flexibility index (Phi) is 5.03. The molecule has 3 rings (SSSR count). The average Bonchev–Trinajstić information content (AvgIpc) is 3.21. The Morgan fingerprint density at radius 3 is 3.04 bits per heavy atom. The SMILES string of the molecule is CCOc1cccc2c1CCC2NC(=O)NCc1cc(CC)no1. The molecule has 24 heavy (non-hydrogen) atoms. The van der Waals surface area contributed by atoms with Gasteiger partial charge in [0.1, 0.15) is 5.75 Å². The first-order valence-electron chi connectivity index (χ1n) is 8.44. The van der Waals surface area contributed by atoms with Crippen molar-refractivity contribution in [1.29, 1.82) is 0 Å². The molecule has 0 saturated heterocycles. The Morgan fingerprint density at radius 1 is 1.42 bits per heavy atom. The fourth-order valence-electron chi connectivity index (χ4n) is 3.04. The minimum atomic E-state index is -0.205. The second kappa shape index (κ2) is 7.38. The molecule has 0 bridgehead atoms. The van der Waals surface area contributed by atoms with E-state index in [4.69, 9.17) is 9.26 Å². The van der Waals surface area contributed by atoms with Crippen LogP contribution in [0.15, 0.2) is 28.8 Å². The molecule has 128 valence electrons. The van der Waals surface area contributed by atoms with Gasteiger partial charge in [0.2, 0.25) is 0 Å². The summed E-state index contributed by atoms with van der Waals surface area (Å²) in [6.45, 7) is 4.96. The Hall–Kier alpha value is -2.50. The molecule has 0 saturated carbocycles. The van der Waals surface area contributed by atoms with E-state index in [0.29, 0.717) is 18.9 Å². The maximum atomic E-state index is 12.2. The third kappa shape index (κ3) is 3.53.